The molecule has 6 nitrogen and oxygen atoms in total. The number of carboxylic acid groups (broad SMARTS) is 1. The molecule has 0 fully saturated rings. The normalized spacial score (nSPS) is 15.8. The number of aromatic nitrogens is 1. The second-order valence-corrected chi connectivity index (χ2v) is 8.64. The quantitative estimate of drug-likeness (QED) is 0.432. The monoisotopic (exact) mass is 501 g/mol. The molecule has 0 bridgehead atoms. The summed E-state index contributed by atoms with van der Waals surface area (Å²) in [6, 6.07) is 12.9. The van der Waals surface area contributed by atoms with Gasteiger partial charge in [0, 0.05) is 12.0 Å². The second-order valence-electron chi connectivity index (χ2n) is 8.64. The van der Waals surface area contributed by atoms with Crippen LogP contribution in [0.25, 0.3) is 11.1 Å². The fourth-order valence-electron chi connectivity index (χ4n) is 4.20. The van der Waals surface area contributed by atoms with E-state index in [-0.39, 0.29) is 6.61 Å². The molecule has 1 unspecified atom stereocenters. The van der Waals surface area contributed by atoms with Gasteiger partial charge in [0.15, 0.2) is 0 Å². The van der Waals surface area contributed by atoms with Crippen molar-refractivity contribution < 1.29 is 32.6 Å². The second kappa shape index (κ2) is 10.1. The lowest BCUT2D eigenvalue weighted by Gasteiger charge is -2.22. The van der Waals surface area contributed by atoms with Crippen LogP contribution in [0.2, 0.25) is 0 Å². The summed E-state index contributed by atoms with van der Waals surface area (Å²) in [6.07, 6.45) is -3.96. The fourth-order valence-corrected chi connectivity index (χ4v) is 4.20. The van der Waals surface area contributed by atoms with Gasteiger partial charge in [0.1, 0.15) is 11.5 Å². The molecule has 2 aromatic carbocycles. The van der Waals surface area contributed by atoms with Crippen molar-refractivity contribution in [2.75, 3.05) is 5.01 Å². The summed E-state index contributed by atoms with van der Waals surface area (Å²) in [6.45, 7) is 1.60. The maximum absolute atomic E-state index is 14.3. The summed E-state index contributed by atoms with van der Waals surface area (Å²) in [7, 11) is 0. The molecule has 36 heavy (non-hydrogen) atoms. The van der Waals surface area contributed by atoms with Gasteiger partial charge in [-0.3, -0.25) is 14.8 Å². The molecule has 1 atom stereocenters. The topological polar surface area (TPSA) is 86.0 Å². The third kappa shape index (κ3) is 5.54. The van der Waals surface area contributed by atoms with Gasteiger partial charge in [-0.25, -0.2) is 4.39 Å². The van der Waals surface area contributed by atoms with Gasteiger partial charge in [-0.15, -0.1) is 0 Å². The van der Waals surface area contributed by atoms with Crippen LogP contribution in [0.15, 0.2) is 59.8 Å². The standard InChI is InChI=1S/C26H23F4N3O3/c1-15-8-18(22-10-19(14-34)31-13-23(22)27)5-4-17(15)9-16-2-6-20(7-3-16)33-21(12-25(35)36)11-24(32-33)26(28,29)30/h2-8,10,13,21,34H,9,11-12,14H2,1H3,(H,35,36). The number of hydrazone groups is 1. The van der Waals surface area contributed by atoms with Gasteiger partial charge >= 0.3 is 12.1 Å². The Morgan fingerprint density at radius 3 is 2.47 bits per heavy atom. The van der Waals surface area contributed by atoms with Gasteiger partial charge in [0.25, 0.3) is 0 Å². The van der Waals surface area contributed by atoms with E-state index in [0.717, 1.165) is 27.9 Å². The number of carbonyl (C=O) groups is 1. The van der Waals surface area contributed by atoms with Crippen LogP contribution < -0.4 is 5.01 Å². The Hall–Kier alpha value is -3.79. The van der Waals surface area contributed by atoms with E-state index in [1.807, 2.05) is 19.1 Å². The van der Waals surface area contributed by atoms with Gasteiger partial charge < -0.3 is 10.2 Å². The van der Waals surface area contributed by atoms with Crippen molar-refractivity contribution in [3.63, 3.8) is 0 Å². The van der Waals surface area contributed by atoms with E-state index in [0.29, 0.717) is 28.9 Å². The highest BCUT2D eigenvalue weighted by molar-refractivity contribution is 5.94. The average Bonchev–Trinajstić information content (AvgIpc) is 3.25. The van der Waals surface area contributed by atoms with Crippen molar-refractivity contribution in [2.24, 2.45) is 5.10 Å². The Kier molecular flexibility index (Phi) is 7.07. The smallest absolute Gasteiger partial charge is 0.431 e. The number of pyridine rings is 1. The lowest BCUT2D eigenvalue weighted by atomic mass is 9.95. The Morgan fingerprint density at radius 2 is 1.86 bits per heavy atom. The minimum Gasteiger partial charge on any atom is -0.481 e. The number of rotatable bonds is 7. The van der Waals surface area contributed by atoms with Crippen LogP contribution in [-0.2, 0) is 17.8 Å². The zero-order valence-corrected chi connectivity index (χ0v) is 19.3. The highest BCUT2D eigenvalue weighted by Crippen LogP contribution is 2.33. The molecule has 0 spiro atoms. The number of aliphatic hydroxyl groups excluding tert-OH is 1. The first-order valence-electron chi connectivity index (χ1n) is 11.1. The summed E-state index contributed by atoms with van der Waals surface area (Å²) in [5, 5.41) is 23.2. The molecule has 0 aliphatic carbocycles. The Bertz CT molecular complexity index is 1310. The summed E-state index contributed by atoms with van der Waals surface area (Å²) >= 11 is 0. The predicted octanol–water partition coefficient (Wildman–Crippen LogP) is 5.25. The highest BCUT2D eigenvalue weighted by atomic mass is 19.4. The van der Waals surface area contributed by atoms with Gasteiger partial charge in [0.05, 0.1) is 36.6 Å². The van der Waals surface area contributed by atoms with Crippen LogP contribution in [0.3, 0.4) is 0 Å². The van der Waals surface area contributed by atoms with Gasteiger partial charge in [0.2, 0.25) is 0 Å². The number of hydrogen-bond donors (Lipinski definition) is 2. The van der Waals surface area contributed by atoms with Gasteiger partial charge in [-0.2, -0.15) is 18.3 Å². The van der Waals surface area contributed by atoms with Crippen molar-refractivity contribution in [3.05, 3.63) is 82.9 Å². The lowest BCUT2D eigenvalue weighted by Crippen LogP contribution is -2.29. The Balaban J connectivity index is 1.53. The first-order chi connectivity index (χ1) is 17.0. The van der Waals surface area contributed by atoms with Crippen molar-refractivity contribution in [2.45, 2.75) is 45.0 Å². The Morgan fingerprint density at radius 1 is 1.14 bits per heavy atom. The summed E-state index contributed by atoms with van der Waals surface area (Å²) in [5.74, 6) is -1.69. The number of aliphatic carboxylic acids is 1. The van der Waals surface area contributed by atoms with Crippen molar-refractivity contribution >= 4 is 17.4 Å². The van der Waals surface area contributed by atoms with Crippen LogP contribution in [0.4, 0.5) is 23.2 Å². The number of aryl methyl sites for hydroxylation is 1. The number of alkyl halides is 3. The van der Waals surface area contributed by atoms with Gasteiger partial charge in [-0.1, -0.05) is 30.3 Å². The maximum Gasteiger partial charge on any atom is 0.431 e. The molecule has 1 aliphatic rings. The van der Waals surface area contributed by atoms with E-state index in [2.05, 4.69) is 10.1 Å². The zero-order valence-electron chi connectivity index (χ0n) is 19.3. The first-order valence-corrected chi connectivity index (χ1v) is 11.1. The van der Waals surface area contributed by atoms with Crippen LogP contribution in [-0.4, -0.2) is 39.1 Å². The average molecular weight is 501 g/mol. The number of anilines is 1. The molecular formula is C26H23F4N3O3. The minimum absolute atomic E-state index is 0.294. The minimum atomic E-state index is -4.62. The molecule has 1 aliphatic heterocycles. The van der Waals surface area contributed by atoms with Crippen molar-refractivity contribution in [3.8, 4) is 11.1 Å². The number of hydrogen-bond acceptors (Lipinski definition) is 5. The van der Waals surface area contributed by atoms with E-state index in [4.69, 9.17) is 5.11 Å². The molecule has 1 aromatic heterocycles. The molecule has 10 heteroatoms. The first kappa shape index (κ1) is 25.3. The fraction of sp³-hybridized carbons (Fsp3) is 0.269. The zero-order chi connectivity index (χ0) is 26.0. The molecular weight excluding hydrogens is 478 g/mol. The van der Waals surface area contributed by atoms with Crippen molar-refractivity contribution in [1.82, 2.24) is 4.98 Å². The highest BCUT2D eigenvalue weighted by Gasteiger charge is 2.43. The molecule has 0 saturated carbocycles. The molecule has 0 saturated heterocycles. The number of aliphatic hydroxyl groups is 1. The number of halogens is 4. The molecule has 4 rings (SSSR count). The molecule has 188 valence electrons. The van der Waals surface area contributed by atoms with E-state index >= 15 is 0 Å². The summed E-state index contributed by atoms with van der Waals surface area (Å²) in [5.41, 5.74) is 3.52. The molecule has 3 aromatic rings. The maximum atomic E-state index is 14.3. The summed E-state index contributed by atoms with van der Waals surface area (Å²) < 4.78 is 53.8. The van der Waals surface area contributed by atoms with Crippen LogP contribution in [0, 0.1) is 12.7 Å². The SMILES string of the molecule is Cc1cc(-c2cc(CO)ncc2F)ccc1Cc1ccc(N2N=C(C(F)(F)F)CC2CC(=O)O)cc1. The van der Waals surface area contributed by atoms with Crippen LogP contribution in [0.1, 0.15) is 35.2 Å². The lowest BCUT2D eigenvalue weighted by molar-refractivity contribution is -0.137. The van der Waals surface area contributed by atoms with Gasteiger partial charge in [-0.05, 0) is 53.8 Å². The predicted molar refractivity (Wildman–Crippen MR) is 126 cm³/mol. The largest absolute Gasteiger partial charge is 0.481 e. The molecule has 2 heterocycles. The van der Waals surface area contributed by atoms with Crippen LogP contribution in [0.5, 0.6) is 0 Å². The number of carboxylic acids is 1. The third-order valence-corrected chi connectivity index (χ3v) is 6.06. The van der Waals surface area contributed by atoms with E-state index in [1.165, 1.54) is 6.07 Å². The van der Waals surface area contributed by atoms with E-state index < -0.39 is 42.6 Å². The number of benzene rings is 2. The number of nitrogens with zero attached hydrogens (tertiary/aromatic N) is 3. The molecule has 0 amide bonds. The van der Waals surface area contributed by atoms with E-state index in [9.17, 15) is 27.5 Å². The summed E-state index contributed by atoms with van der Waals surface area (Å²) in [4.78, 5) is 15.0. The van der Waals surface area contributed by atoms with Crippen LogP contribution >= 0.6 is 0 Å². The third-order valence-electron chi connectivity index (χ3n) is 6.06. The van der Waals surface area contributed by atoms with Crippen molar-refractivity contribution in [1.29, 1.82) is 0 Å². The molecule has 2 N–H and O–H groups in total. The molecule has 0 radical (unpaired) electrons. The Labute approximate surface area is 204 Å². The van der Waals surface area contributed by atoms with E-state index in [1.54, 1.807) is 30.3 Å².